The van der Waals surface area contributed by atoms with E-state index >= 15 is 0 Å². The zero-order valence-corrected chi connectivity index (χ0v) is 13.7. The fraction of sp³-hybridized carbons (Fsp3) is 0.786. The molecule has 0 radical (unpaired) electrons. The quantitative estimate of drug-likeness (QED) is 0.893. The normalized spacial score (nSPS) is 23.1. The summed E-state index contributed by atoms with van der Waals surface area (Å²) in [6.07, 6.45) is 1.76. The molecule has 0 saturated carbocycles. The van der Waals surface area contributed by atoms with Crippen molar-refractivity contribution in [3.05, 3.63) is 16.9 Å². The first-order valence-electron chi connectivity index (χ1n) is 7.41. The average molecular weight is 300 g/mol. The maximum atomic E-state index is 6.40. The van der Waals surface area contributed by atoms with Gasteiger partial charge < -0.3 is 10.2 Å². The lowest BCUT2D eigenvalue weighted by Gasteiger charge is -2.42. The summed E-state index contributed by atoms with van der Waals surface area (Å²) in [5.41, 5.74) is 1.11. The van der Waals surface area contributed by atoms with Crippen LogP contribution in [0.4, 0.5) is 0 Å². The lowest BCUT2D eigenvalue weighted by Crippen LogP contribution is -2.55. The Kier molecular flexibility index (Phi) is 5.43. The number of aromatic nitrogens is 2. The zero-order chi connectivity index (χ0) is 14.7. The van der Waals surface area contributed by atoms with Gasteiger partial charge in [0.25, 0.3) is 0 Å². The second kappa shape index (κ2) is 6.89. The number of likely N-dealkylation sites (N-methyl/N-ethyl adjacent to an activating group) is 3. The average Bonchev–Trinajstić information content (AvgIpc) is 2.80. The number of nitrogens with zero attached hydrogens (tertiary/aromatic N) is 4. The maximum absolute atomic E-state index is 6.40. The molecule has 5 nitrogen and oxygen atoms in total. The van der Waals surface area contributed by atoms with Crippen LogP contribution in [0.5, 0.6) is 0 Å². The predicted octanol–water partition coefficient (Wildman–Crippen LogP) is 1.45. The van der Waals surface area contributed by atoms with E-state index < -0.39 is 0 Å². The minimum Gasteiger partial charge on any atom is -0.308 e. The second-order valence-electron chi connectivity index (χ2n) is 5.54. The van der Waals surface area contributed by atoms with Crippen molar-refractivity contribution >= 4 is 11.6 Å². The molecule has 2 atom stereocenters. The predicted molar refractivity (Wildman–Crippen MR) is 83.2 cm³/mol. The van der Waals surface area contributed by atoms with Crippen LogP contribution in [0.15, 0.2) is 6.20 Å². The van der Waals surface area contributed by atoms with Gasteiger partial charge in [0, 0.05) is 32.2 Å². The summed E-state index contributed by atoms with van der Waals surface area (Å²) in [5, 5.41) is 8.76. The summed E-state index contributed by atoms with van der Waals surface area (Å²) in [7, 11) is 4.38. The van der Waals surface area contributed by atoms with Crippen LogP contribution in [-0.2, 0) is 6.54 Å². The molecule has 2 rings (SSSR count). The van der Waals surface area contributed by atoms with Crippen molar-refractivity contribution in [1.29, 1.82) is 0 Å². The second-order valence-corrected chi connectivity index (χ2v) is 5.95. The van der Waals surface area contributed by atoms with Gasteiger partial charge in [-0.25, -0.2) is 0 Å². The summed E-state index contributed by atoms with van der Waals surface area (Å²) >= 11 is 6.40. The SMILES string of the molecule is CCNC(c1c(Cl)cnn1CC)C1CN(C)CCN1C. The van der Waals surface area contributed by atoms with Crippen LogP contribution in [0.25, 0.3) is 0 Å². The first-order chi connectivity index (χ1) is 9.58. The van der Waals surface area contributed by atoms with E-state index in [2.05, 4.69) is 48.2 Å². The number of piperazine rings is 1. The number of hydrogen-bond donors (Lipinski definition) is 1. The first-order valence-corrected chi connectivity index (χ1v) is 7.79. The highest BCUT2D eigenvalue weighted by atomic mass is 35.5. The van der Waals surface area contributed by atoms with Crippen LogP contribution in [0.3, 0.4) is 0 Å². The molecular weight excluding hydrogens is 274 g/mol. The molecule has 0 spiro atoms. The van der Waals surface area contributed by atoms with Crippen molar-refractivity contribution in [3.8, 4) is 0 Å². The van der Waals surface area contributed by atoms with Gasteiger partial charge in [0.15, 0.2) is 0 Å². The van der Waals surface area contributed by atoms with E-state index in [0.29, 0.717) is 6.04 Å². The first kappa shape index (κ1) is 15.8. The third-order valence-corrected chi connectivity index (χ3v) is 4.43. The molecule has 20 heavy (non-hydrogen) atoms. The van der Waals surface area contributed by atoms with Crippen molar-refractivity contribution in [1.82, 2.24) is 24.9 Å². The Morgan fingerprint density at radius 2 is 2.15 bits per heavy atom. The summed E-state index contributed by atoms with van der Waals surface area (Å²) in [5.74, 6) is 0. The van der Waals surface area contributed by atoms with Gasteiger partial charge in [-0.2, -0.15) is 5.10 Å². The molecule has 1 N–H and O–H groups in total. The molecule has 0 aliphatic carbocycles. The van der Waals surface area contributed by atoms with E-state index in [1.165, 1.54) is 0 Å². The molecule has 2 heterocycles. The van der Waals surface area contributed by atoms with Gasteiger partial charge in [0.1, 0.15) is 0 Å². The molecule has 1 aliphatic heterocycles. The number of hydrogen-bond acceptors (Lipinski definition) is 4. The Morgan fingerprint density at radius 3 is 2.80 bits per heavy atom. The van der Waals surface area contributed by atoms with E-state index in [1.807, 2.05) is 4.68 Å². The summed E-state index contributed by atoms with van der Waals surface area (Å²) < 4.78 is 2.01. The number of nitrogens with one attached hydrogen (secondary N) is 1. The van der Waals surface area contributed by atoms with Crippen molar-refractivity contribution in [2.45, 2.75) is 32.5 Å². The number of rotatable bonds is 5. The van der Waals surface area contributed by atoms with Gasteiger partial charge >= 0.3 is 0 Å². The van der Waals surface area contributed by atoms with Crippen LogP contribution in [0, 0.1) is 0 Å². The summed E-state index contributed by atoms with van der Waals surface area (Å²) in [6.45, 7) is 9.25. The third kappa shape index (κ3) is 3.17. The van der Waals surface area contributed by atoms with Crippen LogP contribution in [-0.4, -0.2) is 65.9 Å². The topological polar surface area (TPSA) is 36.3 Å². The van der Waals surface area contributed by atoms with Crippen molar-refractivity contribution in [2.75, 3.05) is 40.3 Å². The van der Waals surface area contributed by atoms with E-state index in [9.17, 15) is 0 Å². The molecule has 1 aromatic rings. The highest BCUT2D eigenvalue weighted by Crippen LogP contribution is 2.29. The standard InChI is InChI=1S/C14H26ClN5/c1-5-16-13(12-10-18(3)7-8-19(12)4)14-11(15)9-17-20(14)6-2/h9,12-13,16H,5-8,10H2,1-4H3. The van der Waals surface area contributed by atoms with Gasteiger partial charge in [0.2, 0.25) is 0 Å². The van der Waals surface area contributed by atoms with Gasteiger partial charge in [0.05, 0.1) is 23.0 Å². The molecule has 6 heteroatoms. The minimum atomic E-state index is 0.211. The van der Waals surface area contributed by atoms with E-state index in [4.69, 9.17) is 11.6 Å². The van der Waals surface area contributed by atoms with Crippen molar-refractivity contribution < 1.29 is 0 Å². The minimum absolute atomic E-state index is 0.211. The van der Waals surface area contributed by atoms with E-state index in [1.54, 1.807) is 6.20 Å². The molecule has 0 aromatic carbocycles. The van der Waals surface area contributed by atoms with Crippen LogP contribution in [0.2, 0.25) is 5.02 Å². The lowest BCUT2D eigenvalue weighted by atomic mass is 10.0. The Bertz CT molecular complexity index is 433. The Balaban J connectivity index is 2.32. The van der Waals surface area contributed by atoms with Gasteiger partial charge in [-0.1, -0.05) is 18.5 Å². The summed E-state index contributed by atoms with van der Waals surface area (Å²) in [6, 6.07) is 0.621. The van der Waals surface area contributed by atoms with E-state index in [0.717, 1.165) is 43.4 Å². The van der Waals surface area contributed by atoms with Crippen LogP contribution < -0.4 is 5.32 Å². The fourth-order valence-electron chi connectivity index (χ4n) is 2.97. The Morgan fingerprint density at radius 1 is 1.40 bits per heavy atom. The van der Waals surface area contributed by atoms with Crippen molar-refractivity contribution in [2.24, 2.45) is 0 Å². The van der Waals surface area contributed by atoms with E-state index in [-0.39, 0.29) is 6.04 Å². The van der Waals surface area contributed by atoms with Crippen molar-refractivity contribution in [3.63, 3.8) is 0 Å². The zero-order valence-electron chi connectivity index (χ0n) is 12.9. The largest absolute Gasteiger partial charge is 0.308 e. The van der Waals surface area contributed by atoms with Gasteiger partial charge in [-0.05, 0) is 27.6 Å². The van der Waals surface area contributed by atoms with Crippen LogP contribution in [0.1, 0.15) is 25.6 Å². The molecular formula is C14H26ClN5. The van der Waals surface area contributed by atoms with Gasteiger partial charge in [-0.3, -0.25) is 9.58 Å². The Labute approximate surface area is 126 Å². The van der Waals surface area contributed by atoms with Crippen LogP contribution >= 0.6 is 11.6 Å². The molecule has 1 aliphatic rings. The smallest absolute Gasteiger partial charge is 0.0834 e. The highest BCUT2D eigenvalue weighted by molar-refractivity contribution is 6.31. The third-order valence-electron chi connectivity index (χ3n) is 4.14. The molecule has 1 fully saturated rings. The molecule has 0 amide bonds. The molecule has 0 bridgehead atoms. The van der Waals surface area contributed by atoms with Gasteiger partial charge in [-0.15, -0.1) is 0 Å². The number of halogens is 1. The number of aryl methyl sites for hydroxylation is 1. The monoisotopic (exact) mass is 299 g/mol. The molecule has 1 saturated heterocycles. The molecule has 114 valence electrons. The molecule has 1 aromatic heterocycles. The molecule has 2 unspecified atom stereocenters. The maximum Gasteiger partial charge on any atom is 0.0834 e. The summed E-state index contributed by atoms with van der Waals surface area (Å²) in [4.78, 5) is 4.81. The fourth-order valence-corrected chi connectivity index (χ4v) is 3.23. The Hall–Kier alpha value is -0.620. The lowest BCUT2D eigenvalue weighted by molar-refractivity contribution is 0.0857. The highest BCUT2D eigenvalue weighted by Gasteiger charge is 2.33.